The van der Waals surface area contributed by atoms with E-state index in [1.54, 1.807) is 12.1 Å². The van der Waals surface area contributed by atoms with Gasteiger partial charge in [0.15, 0.2) is 6.29 Å². The lowest BCUT2D eigenvalue weighted by Crippen LogP contribution is -2.52. The van der Waals surface area contributed by atoms with Crippen LogP contribution >= 0.6 is 0 Å². The number of rotatable bonds is 8. The largest absolute Gasteiger partial charge is 0.497 e. The molecule has 0 bridgehead atoms. The first-order valence-electron chi connectivity index (χ1n) is 10.2. The molecule has 0 aromatic heterocycles. The summed E-state index contributed by atoms with van der Waals surface area (Å²) < 4.78 is 39.3. The molecule has 2 N–H and O–H groups in total. The van der Waals surface area contributed by atoms with Crippen molar-refractivity contribution in [1.82, 2.24) is 10.2 Å². The second-order valence-electron chi connectivity index (χ2n) is 7.74. The van der Waals surface area contributed by atoms with Gasteiger partial charge >= 0.3 is 0 Å². The number of sulfonamides is 1. The average molecular weight is 427 g/mol. The first kappa shape index (κ1) is 22.0. The molecule has 1 amide bonds. The van der Waals surface area contributed by atoms with E-state index in [0.717, 1.165) is 38.5 Å². The monoisotopic (exact) mass is 426 g/mol. The quantitative estimate of drug-likeness (QED) is 0.620. The molecular weight excluding hydrogens is 396 g/mol. The van der Waals surface area contributed by atoms with Crippen molar-refractivity contribution in [2.24, 2.45) is 0 Å². The third kappa shape index (κ3) is 6.15. The van der Waals surface area contributed by atoms with Crippen LogP contribution in [-0.4, -0.2) is 39.9 Å². The summed E-state index contributed by atoms with van der Waals surface area (Å²) in [6, 6.07) is 6.21. The van der Waals surface area contributed by atoms with Crippen molar-refractivity contribution in [2.75, 3.05) is 13.7 Å². The molecule has 1 aliphatic heterocycles. The summed E-state index contributed by atoms with van der Waals surface area (Å²) in [6.07, 6.45) is 6.27. The average Bonchev–Trinajstić information content (AvgIpc) is 2.73. The molecule has 0 spiro atoms. The van der Waals surface area contributed by atoms with Gasteiger partial charge in [0.25, 0.3) is 0 Å². The second kappa shape index (κ2) is 9.88. The topological polar surface area (TPSA) is 103 Å². The molecule has 29 heavy (non-hydrogen) atoms. The zero-order chi connectivity index (χ0) is 20.7. The molecule has 1 saturated carbocycles. The summed E-state index contributed by atoms with van der Waals surface area (Å²) >= 11 is 0. The Hall–Kier alpha value is -1.68. The van der Waals surface area contributed by atoms with Crippen LogP contribution in [0.4, 0.5) is 0 Å². The number of hydrogen-bond donors (Lipinski definition) is 2. The van der Waals surface area contributed by atoms with Crippen molar-refractivity contribution < 1.29 is 27.5 Å². The van der Waals surface area contributed by atoms with Crippen molar-refractivity contribution in [2.45, 2.75) is 74.5 Å². The predicted molar refractivity (Wildman–Crippen MR) is 107 cm³/mol. The van der Waals surface area contributed by atoms with Gasteiger partial charge in [-0.15, -0.1) is 0 Å². The Morgan fingerprint density at radius 3 is 2.48 bits per heavy atom. The van der Waals surface area contributed by atoms with Crippen LogP contribution < -0.4 is 14.9 Å². The van der Waals surface area contributed by atoms with Gasteiger partial charge in [0.05, 0.1) is 12.0 Å². The van der Waals surface area contributed by atoms with Gasteiger partial charge in [-0.3, -0.25) is 4.79 Å². The maximum absolute atomic E-state index is 13.0. The maximum Gasteiger partial charge on any atom is 0.245 e. The van der Waals surface area contributed by atoms with Crippen LogP contribution in [0.2, 0.25) is 0 Å². The van der Waals surface area contributed by atoms with E-state index in [9.17, 15) is 13.2 Å². The highest BCUT2D eigenvalue weighted by Gasteiger charge is 2.38. The minimum atomic E-state index is -3.78. The molecule has 162 valence electrons. The van der Waals surface area contributed by atoms with Gasteiger partial charge in [-0.1, -0.05) is 19.3 Å². The highest BCUT2D eigenvalue weighted by Crippen LogP contribution is 2.33. The van der Waals surface area contributed by atoms with E-state index in [-0.39, 0.29) is 17.2 Å². The Labute approximate surface area is 172 Å². The van der Waals surface area contributed by atoms with E-state index in [1.165, 1.54) is 19.2 Å². The van der Waals surface area contributed by atoms with Crippen LogP contribution in [-0.2, 0) is 24.4 Å². The Morgan fingerprint density at radius 2 is 1.86 bits per heavy atom. The molecule has 1 aliphatic carbocycles. The summed E-state index contributed by atoms with van der Waals surface area (Å²) in [4.78, 5) is 18.0. The number of methoxy groups -OCH3 is 1. The number of hydrogen-bond acceptors (Lipinski definition) is 6. The number of carbonyl (C=O) groups is 1. The maximum atomic E-state index is 13.0. The van der Waals surface area contributed by atoms with E-state index in [0.29, 0.717) is 25.2 Å². The highest BCUT2D eigenvalue weighted by molar-refractivity contribution is 7.89. The number of carbonyl (C=O) groups excluding carboxylic acids is 1. The molecule has 3 rings (SSSR count). The molecule has 9 heteroatoms. The van der Waals surface area contributed by atoms with Crippen LogP contribution in [0.25, 0.3) is 0 Å². The molecule has 1 unspecified atom stereocenters. The third-order valence-corrected chi connectivity index (χ3v) is 7.07. The predicted octanol–water partition coefficient (Wildman–Crippen LogP) is 2.64. The SMILES string of the molecule is COc1ccc(S(=O)(=O)NC2(CC(=O)NOC3CCCCO3)CCCCC2)cc1. The van der Waals surface area contributed by atoms with E-state index >= 15 is 0 Å². The van der Waals surface area contributed by atoms with Gasteiger partial charge in [0.2, 0.25) is 15.9 Å². The van der Waals surface area contributed by atoms with Crippen LogP contribution in [0, 0.1) is 0 Å². The Bertz CT molecular complexity index is 769. The number of hydroxylamine groups is 1. The molecule has 1 atom stereocenters. The van der Waals surface area contributed by atoms with E-state index < -0.39 is 21.9 Å². The molecule has 8 nitrogen and oxygen atoms in total. The first-order chi connectivity index (χ1) is 13.9. The Balaban J connectivity index is 1.66. The van der Waals surface area contributed by atoms with Crippen molar-refractivity contribution in [1.29, 1.82) is 0 Å². The summed E-state index contributed by atoms with van der Waals surface area (Å²) in [6.45, 7) is 0.617. The van der Waals surface area contributed by atoms with E-state index in [1.807, 2.05) is 0 Å². The first-order valence-corrected chi connectivity index (χ1v) is 11.6. The minimum Gasteiger partial charge on any atom is -0.497 e. The molecule has 1 aromatic carbocycles. The lowest BCUT2D eigenvalue weighted by molar-refractivity contribution is -0.201. The normalized spacial score (nSPS) is 22.0. The van der Waals surface area contributed by atoms with Crippen LogP contribution in [0.5, 0.6) is 5.75 Å². The molecule has 1 saturated heterocycles. The second-order valence-corrected chi connectivity index (χ2v) is 9.42. The van der Waals surface area contributed by atoms with Crippen molar-refractivity contribution >= 4 is 15.9 Å². The molecule has 1 aromatic rings. The zero-order valence-corrected chi connectivity index (χ0v) is 17.6. The van der Waals surface area contributed by atoms with Gasteiger partial charge in [-0.05, 0) is 49.9 Å². The summed E-state index contributed by atoms with van der Waals surface area (Å²) in [5.41, 5.74) is 1.63. The van der Waals surface area contributed by atoms with Gasteiger partial charge < -0.3 is 9.47 Å². The smallest absolute Gasteiger partial charge is 0.245 e. The number of ether oxygens (including phenoxy) is 2. The third-order valence-electron chi connectivity index (χ3n) is 5.47. The van der Waals surface area contributed by atoms with Gasteiger partial charge in [-0.2, -0.15) is 0 Å². The number of amides is 1. The zero-order valence-electron chi connectivity index (χ0n) is 16.8. The molecular formula is C20H30N2O6S. The lowest BCUT2D eigenvalue weighted by Gasteiger charge is -2.37. The highest BCUT2D eigenvalue weighted by atomic mass is 32.2. The molecule has 2 fully saturated rings. The standard InChI is InChI=1S/C20H30N2O6S/c1-26-16-8-10-17(11-9-16)29(24,25)22-20(12-4-2-5-13-20)15-18(23)21-28-19-7-3-6-14-27-19/h8-11,19,22H,2-7,12-15H2,1H3,(H,21,23). The van der Waals surface area contributed by atoms with Crippen LogP contribution in [0.1, 0.15) is 57.8 Å². The number of nitrogens with one attached hydrogen (secondary N) is 2. The van der Waals surface area contributed by atoms with Gasteiger partial charge in [0.1, 0.15) is 5.75 Å². The molecule has 2 aliphatic rings. The summed E-state index contributed by atoms with van der Waals surface area (Å²) in [5, 5.41) is 0. The van der Waals surface area contributed by atoms with E-state index in [2.05, 4.69) is 10.2 Å². The Kier molecular flexibility index (Phi) is 7.50. The van der Waals surface area contributed by atoms with Gasteiger partial charge in [0, 0.05) is 25.0 Å². The number of benzene rings is 1. The van der Waals surface area contributed by atoms with E-state index in [4.69, 9.17) is 14.3 Å². The Morgan fingerprint density at radius 1 is 1.14 bits per heavy atom. The minimum absolute atomic E-state index is 0.0229. The van der Waals surface area contributed by atoms with Crippen LogP contribution in [0.15, 0.2) is 29.2 Å². The van der Waals surface area contributed by atoms with Gasteiger partial charge in [-0.25, -0.2) is 23.5 Å². The van der Waals surface area contributed by atoms with Crippen LogP contribution in [0.3, 0.4) is 0 Å². The van der Waals surface area contributed by atoms with Crippen molar-refractivity contribution in [3.05, 3.63) is 24.3 Å². The fourth-order valence-corrected chi connectivity index (χ4v) is 5.38. The fourth-order valence-electron chi connectivity index (χ4n) is 3.92. The lowest BCUT2D eigenvalue weighted by atomic mass is 9.80. The van der Waals surface area contributed by atoms with Crippen molar-refractivity contribution in [3.8, 4) is 5.75 Å². The molecule has 1 heterocycles. The summed E-state index contributed by atoms with van der Waals surface area (Å²) in [5.74, 6) is 0.233. The molecule has 0 radical (unpaired) electrons. The fraction of sp³-hybridized carbons (Fsp3) is 0.650. The van der Waals surface area contributed by atoms with Crippen molar-refractivity contribution in [3.63, 3.8) is 0 Å². The summed E-state index contributed by atoms with van der Waals surface area (Å²) in [7, 11) is -2.25.